The van der Waals surface area contributed by atoms with Gasteiger partial charge < -0.3 is 19.4 Å². The number of carbonyl (C=O) groups excluding carboxylic acids is 1. The number of amides is 1. The SMILES string of the molecule is CCN(CC)c1ccc(N2CCN(C(=O)OC)CC2)c(C)c1. The van der Waals surface area contributed by atoms with Crippen LogP contribution in [0, 0.1) is 6.92 Å². The summed E-state index contributed by atoms with van der Waals surface area (Å²) in [5.41, 5.74) is 3.83. The van der Waals surface area contributed by atoms with Crippen molar-refractivity contribution in [3.63, 3.8) is 0 Å². The highest BCUT2D eigenvalue weighted by Crippen LogP contribution is 2.26. The fraction of sp³-hybridized carbons (Fsp3) is 0.588. The van der Waals surface area contributed by atoms with Gasteiger partial charge in [0.25, 0.3) is 0 Å². The van der Waals surface area contributed by atoms with Crippen LogP contribution in [-0.2, 0) is 4.74 Å². The molecule has 1 aliphatic heterocycles. The van der Waals surface area contributed by atoms with Crippen LogP contribution < -0.4 is 9.80 Å². The number of carbonyl (C=O) groups is 1. The van der Waals surface area contributed by atoms with E-state index in [4.69, 9.17) is 4.74 Å². The van der Waals surface area contributed by atoms with Crippen molar-refractivity contribution in [2.24, 2.45) is 0 Å². The van der Waals surface area contributed by atoms with E-state index in [1.807, 2.05) is 0 Å². The summed E-state index contributed by atoms with van der Waals surface area (Å²) in [6.07, 6.45) is -0.228. The molecule has 122 valence electrons. The second-order valence-electron chi connectivity index (χ2n) is 5.59. The van der Waals surface area contributed by atoms with Crippen molar-refractivity contribution >= 4 is 17.5 Å². The van der Waals surface area contributed by atoms with Crippen LogP contribution in [0.1, 0.15) is 19.4 Å². The van der Waals surface area contributed by atoms with Crippen molar-refractivity contribution in [2.45, 2.75) is 20.8 Å². The molecule has 1 saturated heterocycles. The molecule has 0 aliphatic carbocycles. The van der Waals surface area contributed by atoms with Gasteiger partial charge in [0.2, 0.25) is 0 Å². The molecule has 1 aromatic carbocycles. The van der Waals surface area contributed by atoms with Crippen molar-refractivity contribution in [2.75, 3.05) is 56.2 Å². The molecule has 5 heteroatoms. The lowest BCUT2D eigenvalue weighted by Gasteiger charge is -2.36. The van der Waals surface area contributed by atoms with E-state index in [0.29, 0.717) is 13.1 Å². The fourth-order valence-corrected chi connectivity index (χ4v) is 3.04. The topological polar surface area (TPSA) is 36.0 Å². The average molecular weight is 305 g/mol. The number of methoxy groups -OCH3 is 1. The summed E-state index contributed by atoms with van der Waals surface area (Å²) in [6, 6.07) is 6.66. The molecular weight excluding hydrogens is 278 g/mol. The van der Waals surface area contributed by atoms with Gasteiger partial charge in [-0.1, -0.05) is 0 Å². The number of rotatable bonds is 4. The molecule has 1 heterocycles. The molecule has 0 saturated carbocycles. The maximum atomic E-state index is 11.5. The Morgan fingerprint density at radius 2 is 1.82 bits per heavy atom. The Kier molecular flexibility index (Phi) is 5.52. The third-order valence-corrected chi connectivity index (χ3v) is 4.36. The van der Waals surface area contributed by atoms with Gasteiger partial charge in [-0.2, -0.15) is 0 Å². The molecule has 22 heavy (non-hydrogen) atoms. The van der Waals surface area contributed by atoms with Crippen molar-refractivity contribution in [1.82, 2.24) is 4.90 Å². The Labute approximate surface area is 133 Å². The van der Waals surface area contributed by atoms with Gasteiger partial charge in [-0.15, -0.1) is 0 Å². The first kappa shape index (κ1) is 16.5. The average Bonchev–Trinajstić information content (AvgIpc) is 2.55. The molecule has 2 rings (SSSR count). The van der Waals surface area contributed by atoms with Gasteiger partial charge in [0.05, 0.1) is 7.11 Å². The van der Waals surface area contributed by atoms with Crippen LogP contribution in [-0.4, -0.2) is 57.4 Å². The van der Waals surface area contributed by atoms with E-state index in [2.05, 4.69) is 48.8 Å². The predicted octanol–water partition coefficient (Wildman–Crippen LogP) is 2.73. The summed E-state index contributed by atoms with van der Waals surface area (Å²) in [7, 11) is 1.44. The molecule has 0 N–H and O–H groups in total. The van der Waals surface area contributed by atoms with Gasteiger partial charge in [-0.05, 0) is 44.5 Å². The number of nitrogens with zero attached hydrogens (tertiary/aromatic N) is 3. The van der Waals surface area contributed by atoms with E-state index in [9.17, 15) is 4.79 Å². The Morgan fingerprint density at radius 3 is 2.32 bits per heavy atom. The summed E-state index contributed by atoms with van der Waals surface area (Å²) >= 11 is 0. The van der Waals surface area contributed by atoms with E-state index in [1.165, 1.54) is 24.0 Å². The van der Waals surface area contributed by atoms with Crippen molar-refractivity contribution in [3.05, 3.63) is 23.8 Å². The molecule has 5 nitrogen and oxygen atoms in total. The smallest absolute Gasteiger partial charge is 0.409 e. The lowest BCUT2D eigenvalue weighted by molar-refractivity contribution is 0.121. The van der Waals surface area contributed by atoms with Gasteiger partial charge >= 0.3 is 6.09 Å². The van der Waals surface area contributed by atoms with Crippen LogP contribution in [0.25, 0.3) is 0 Å². The number of hydrogen-bond acceptors (Lipinski definition) is 4. The van der Waals surface area contributed by atoms with Gasteiger partial charge in [0.1, 0.15) is 0 Å². The second-order valence-corrected chi connectivity index (χ2v) is 5.59. The largest absolute Gasteiger partial charge is 0.453 e. The molecule has 0 bridgehead atoms. The number of aryl methyl sites for hydroxylation is 1. The van der Waals surface area contributed by atoms with Crippen molar-refractivity contribution in [1.29, 1.82) is 0 Å². The number of anilines is 2. The van der Waals surface area contributed by atoms with E-state index >= 15 is 0 Å². The van der Waals surface area contributed by atoms with Gasteiger partial charge in [-0.3, -0.25) is 0 Å². The molecule has 0 unspecified atom stereocenters. The maximum Gasteiger partial charge on any atom is 0.409 e. The van der Waals surface area contributed by atoms with Crippen LogP contribution >= 0.6 is 0 Å². The molecule has 0 aromatic heterocycles. The quantitative estimate of drug-likeness (QED) is 0.857. The first-order chi connectivity index (χ1) is 10.6. The highest BCUT2D eigenvalue weighted by molar-refractivity contribution is 5.68. The summed E-state index contributed by atoms with van der Waals surface area (Å²) < 4.78 is 4.78. The van der Waals surface area contributed by atoms with E-state index in [-0.39, 0.29) is 6.09 Å². The van der Waals surface area contributed by atoms with E-state index in [0.717, 1.165) is 26.2 Å². The number of benzene rings is 1. The second kappa shape index (κ2) is 7.38. The van der Waals surface area contributed by atoms with Crippen LogP contribution in [0.15, 0.2) is 18.2 Å². The monoisotopic (exact) mass is 305 g/mol. The summed E-state index contributed by atoms with van der Waals surface area (Å²) in [4.78, 5) is 18.0. The molecule has 0 spiro atoms. The number of hydrogen-bond donors (Lipinski definition) is 0. The molecule has 1 aromatic rings. The Morgan fingerprint density at radius 1 is 1.18 bits per heavy atom. The van der Waals surface area contributed by atoms with Crippen LogP contribution in [0.3, 0.4) is 0 Å². The Balaban J connectivity index is 2.06. The molecule has 0 radical (unpaired) electrons. The number of ether oxygens (including phenoxy) is 1. The van der Waals surface area contributed by atoms with Crippen molar-refractivity contribution < 1.29 is 9.53 Å². The summed E-state index contributed by atoms with van der Waals surface area (Å²) in [5.74, 6) is 0. The lowest BCUT2D eigenvalue weighted by Crippen LogP contribution is -2.48. The normalized spacial score (nSPS) is 14.9. The molecule has 1 aliphatic rings. The minimum atomic E-state index is -0.228. The molecule has 1 amide bonds. The molecule has 0 atom stereocenters. The first-order valence-corrected chi connectivity index (χ1v) is 8.04. The maximum absolute atomic E-state index is 11.5. The predicted molar refractivity (Wildman–Crippen MR) is 90.9 cm³/mol. The number of piperazine rings is 1. The highest BCUT2D eigenvalue weighted by Gasteiger charge is 2.22. The summed E-state index contributed by atoms with van der Waals surface area (Å²) in [6.45, 7) is 11.7. The highest BCUT2D eigenvalue weighted by atomic mass is 16.5. The summed E-state index contributed by atoms with van der Waals surface area (Å²) in [5, 5.41) is 0. The van der Waals surface area contributed by atoms with E-state index in [1.54, 1.807) is 4.90 Å². The minimum absolute atomic E-state index is 0.228. The fourth-order valence-electron chi connectivity index (χ4n) is 3.04. The minimum Gasteiger partial charge on any atom is -0.453 e. The van der Waals surface area contributed by atoms with Gasteiger partial charge in [0, 0.05) is 50.6 Å². The van der Waals surface area contributed by atoms with Crippen LogP contribution in [0.5, 0.6) is 0 Å². The van der Waals surface area contributed by atoms with Crippen LogP contribution in [0.4, 0.5) is 16.2 Å². The first-order valence-electron chi connectivity index (χ1n) is 8.04. The zero-order valence-corrected chi connectivity index (χ0v) is 14.1. The standard InChI is InChI=1S/C17H27N3O2/c1-5-18(6-2)15-7-8-16(14(3)13-15)19-9-11-20(12-10-19)17(21)22-4/h7-8,13H,5-6,9-12H2,1-4H3. The lowest BCUT2D eigenvalue weighted by atomic mass is 10.1. The zero-order chi connectivity index (χ0) is 16.1. The van der Waals surface area contributed by atoms with E-state index < -0.39 is 0 Å². The zero-order valence-electron chi connectivity index (χ0n) is 14.1. The van der Waals surface area contributed by atoms with Crippen molar-refractivity contribution in [3.8, 4) is 0 Å². The van der Waals surface area contributed by atoms with Crippen LogP contribution in [0.2, 0.25) is 0 Å². The third-order valence-electron chi connectivity index (χ3n) is 4.36. The Bertz CT molecular complexity index is 507. The van der Waals surface area contributed by atoms with Gasteiger partial charge in [0.15, 0.2) is 0 Å². The Hall–Kier alpha value is -1.91. The third kappa shape index (κ3) is 3.46. The van der Waals surface area contributed by atoms with Gasteiger partial charge in [-0.25, -0.2) is 4.79 Å². The molecule has 1 fully saturated rings. The molecular formula is C17H27N3O2.